The van der Waals surface area contributed by atoms with Crippen LogP contribution in [0.15, 0.2) is 72.4 Å². The van der Waals surface area contributed by atoms with Gasteiger partial charge in [-0.25, -0.2) is 13.4 Å². The van der Waals surface area contributed by atoms with Crippen molar-refractivity contribution < 1.29 is 46.7 Å². The van der Waals surface area contributed by atoms with Crippen LogP contribution in [0.1, 0.15) is 76.0 Å². The summed E-state index contributed by atoms with van der Waals surface area (Å²) in [6.07, 6.45) is 6.35. The number of ether oxygens (including phenoxy) is 1. The molecule has 0 saturated carbocycles. The van der Waals surface area contributed by atoms with Crippen molar-refractivity contribution >= 4 is 73.5 Å². The highest BCUT2D eigenvalue weighted by atomic mass is 32.2. The summed E-state index contributed by atoms with van der Waals surface area (Å²) in [7, 11) is -3.61. The van der Waals surface area contributed by atoms with Crippen LogP contribution in [0.4, 0.5) is 10.8 Å². The molecule has 7 amide bonds. The minimum Gasteiger partial charge on any atom is -0.381 e. The molecule has 4 aliphatic rings. The maximum Gasteiger partial charge on any atom is 0.262 e. The van der Waals surface area contributed by atoms with Crippen LogP contribution in [-0.2, 0) is 33.9 Å². The van der Waals surface area contributed by atoms with Crippen LogP contribution in [0.2, 0.25) is 0 Å². The second kappa shape index (κ2) is 20.7. The van der Waals surface area contributed by atoms with E-state index in [9.17, 15) is 42.0 Å². The van der Waals surface area contributed by atoms with Crippen LogP contribution < -0.4 is 20.9 Å². The van der Waals surface area contributed by atoms with Crippen LogP contribution in [0.3, 0.4) is 0 Å². The SMILES string of the molecule is CS(=O)(=O)n1ccc(C(=O)N[C@@H](CCOCCCC(=O)N2CCC(CN3CCN(c4ccc5c(c4)C(=O)N(C4CCC(=O)NC4=O)C5=O)CC3)CC2)C(=O)Nc2nc(-c3ccccc3)cs2)c1. The average Bonchev–Trinajstić information content (AvgIpc) is 4.07. The normalized spacial score (nSPS) is 18.8. The first-order chi connectivity index (χ1) is 32.2. The predicted octanol–water partition coefficient (Wildman–Crippen LogP) is 2.81. The van der Waals surface area contributed by atoms with E-state index in [4.69, 9.17) is 4.74 Å². The number of hydrogen-bond donors (Lipinski definition) is 3. The highest BCUT2D eigenvalue weighted by molar-refractivity contribution is 7.89. The molecule has 3 N–H and O–H groups in total. The van der Waals surface area contributed by atoms with Gasteiger partial charge in [0.15, 0.2) is 5.13 Å². The number of piperidine rings is 2. The predicted molar refractivity (Wildman–Crippen MR) is 248 cm³/mol. The van der Waals surface area contributed by atoms with E-state index in [0.29, 0.717) is 42.7 Å². The monoisotopic (exact) mass is 955 g/mol. The molecule has 3 fully saturated rings. The molecule has 8 rings (SSSR count). The number of nitrogens with zero attached hydrogens (tertiary/aromatic N) is 6. The lowest BCUT2D eigenvalue weighted by molar-refractivity contribution is -0.136. The van der Waals surface area contributed by atoms with Gasteiger partial charge < -0.3 is 25.2 Å². The Morgan fingerprint density at radius 2 is 1.66 bits per heavy atom. The zero-order valence-electron chi connectivity index (χ0n) is 37.1. The van der Waals surface area contributed by atoms with Crippen LogP contribution in [0.25, 0.3) is 11.3 Å². The maximum atomic E-state index is 13.5. The molecule has 6 heterocycles. The van der Waals surface area contributed by atoms with Crippen molar-refractivity contribution in [2.75, 3.05) is 75.5 Å². The smallest absolute Gasteiger partial charge is 0.262 e. The van der Waals surface area contributed by atoms with Gasteiger partial charge in [-0.1, -0.05) is 30.3 Å². The molecule has 3 saturated heterocycles. The van der Waals surface area contributed by atoms with E-state index in [2.05, 4.69) is 30.7 Å². The minimum absolute atomic E-state index is 0.0642. The van der Waals surface area contributed by atoms with E-state index in [1.54, 1.807) is 12.1 Å². The number of hydrogen-bond acceptors (Lipinski definition) is 14. The highest BCUT2D eigenvalue weighted by Gasteiger charge is 2.45. The Morgan fingerprint density at radius 3 is 2.37 bits per heavy atom. The Bertz CT molecular complexity index is 2640. The molecule has 0 aliphatic carbocycles. The number of carbonyl (C=O) groups excluding carboxylic acids is 7. The first-order valence-corrected chi connectivity index (χ1v) is 25.1. The van der Waals surface area contributed by atoms with Gasteiger partial charge >= 0.3 is 0 Å². The Morgan fingerprint density at radius 1 is 0.910 bits per heavy atom. The quantitative estimate of drug-likeness (QED) is 0.102. The zero-order chi connectivity index (χ0) is 47.2. The standard InChI is InChI=1S/C46H53N9O10S2/c1-67(63,64)54-19-15-32(28-54)41(58)47-36(42(59)50-46-48-37(29-66-46)31-6-3-2-4-7-31)16-25-65-24-5-8-40(57)53-17-13-30(14-18-53)27-51-20-22-52(23-21-51)33-9-10-34-35(26-33)45(62)55(44(34)61)38-11-12-39(56)49-43(38)60/h2-4,6-7,9-10,15,19,26,28-30,36,38H,5,8,11-14,16-18,20-25,27H2,1H3,(H,47,58)(H,48,50,59)(H,49,56,60)/t36-,38?/m0/s1. The Hall–Kier alpha value is -6.29. The van der Waals surface area contributed by atoms with Crippen molar-refractivity contribution in [2.24, 2.45) is 5.92 Å². The largest absolute Gasteiger partial charge is 0.381 e. The number of rotatable bonds is 17. The topological polar surface area (TPSA) is 230 Å². The van der Waals surface area contributed by atoms with Crippen molar-refractivity contribution in [3.63, 3.8) is 0 Å². The van der Waals surface area contributed by atoms with E-state index in [0.717, 1.165) is 71.9 Å². The van der Waals surface area contributed by atoms with Crippen LogP contribution in [0, 0.1) is 5.92 Å². The van der Waals surface area contributed by atoms with Gasteiger partial charge in [0.1, 0.15) is 12.1 Å². The van der Waals surface area contributed by atoms with Crippen molar-refractivity contribution in [3.05, 3.63) is 89.1 Å². The molecule has 4 aliphatic heterocycles. The second-order valence-electron chi connectivity index (χ2n) is 17.2. The van der Waals surface area contributed by atoms with Gasteiger partial charge in [0, 0.05) is 101 Å². The molecule has 21 heteroatoms. The van der Waals surface area contributed by atoms with Crippen molar-refractivity contribution in [1.82, 2.24) is 34.3 Å². The van der Waals surface area contributed by atoms with E-state index in [1.165, 1.54) is 29.8 Å². The minimum atomic E-state index is -3.61. The van der Waals surface area contributed by atoms with E-state index in [1.807, 2.05) is 46.7 Å². The first kappa shape index (κ1) is 47.2. The Balaban J connectivity index is 0.743. The third kappa shape index (κ3) is 11.3. The molecular weight excluding hydrogens is 903 g/mol. The number of anilines is 2. The average molecular weight is 956 g/mol. The molecule has 67 heavy (non-hydrogen) atoms. The Labute approximate surface area is 391 Å². The van der Waals surface area contributed by atoms with Crippen LogP contribution in [-0.4, -0.2) is 151 Å². The number of likely N-dealkylation sites (tertiary alicyclic amines) is 1. The fourth-order valence-electron chi connectivity index (χ4n) is 8.85. The molecule has 1 unspecified atom stereocenters. The lowest BCUT2D eigenvalue weighted by atomic mass is 9.95. The number of amides is 7. The number of thiazole rings is 1. The summed E-state index contributed by atoms with van der Waals surface area (Å²) in [4.78, 5) is 102. The number of aromatic nitrogens is 2. The third-order valence-corrected chi connectivity index (χ3v) is 14.4. The van der Waals surface area contributed by atoms with E-state index < -0.39 is 57.6 Å². The lowest BCUT2D eigenvalue weighted by Gasteiger charge is -2.39. The molecule has 0 radical (unpaired) electrons. The third-order valence-electron chi connectivity index (χ3n) is 12.6. The molecule has 354 valence electrons. The summed E-state index contributed by atoms with van der Waals surface area (Å²) in [5.41, 5.74) is 3.02. The van der Waals surface area contributed by atoms with Gasteiger partial charge in [-0.05, 0) is 62.3 Å². The molecule has 0 spiro atoms. The van der Waals surface area contributed by atoms with Crippen molar-refractivity contribution in [3.8, 4) is 11.3 Å². The molecule has 4 aromatic rings. The Kier molecular flexibility index (Phi) is 14.6. The maximum absolute atomic E-state index is 13.5. The summed E-state index contributed by atoms with van der Waals surface area (Å²) < 4.78 is 30.7. The number of piperazine rings is 1. The van der Waals surface area contributed by atoms with Crippen LogP contribution in [0.5, 0.6) is 0 Å². The lowest BCUT2D eigenvalue weighted by Crippen LogP contribution is -2.54. The summed E-state index contributed by atoms with van der Waals surface area (Å²) in [6.45, 7) is 5.80. The van der Waals surface area contributed by atoms with Crippen molar-refractivity contribution in [2.45, 2.75) is 57.0 Å². The highest BCUT2D eigenvalue weighted by Crippen LogP contribution is 2.32. The van der Waals surface area contributed by atoms with Gasteiger partial charge in [-0.2, -0.15) is 0 Å². The molecule has 19 nitrogen and oxygen atoms in total. The van der Waals surface area contributed by atoms with Gasteiger partial charge in [0.05, 0.1) is 28.6 Å². The number of carbonyl (C=O) groups is 7. The molecule has 2 aromatic carbocycles. The van der Waals surface area contributed by atoms with E-state index in [-0.39, 0.29) is 55.1 Å². The molecular formula is C46H53N9O10S2. The van der Waals surface area contributed by atoms with Gasteiger partial charge in [0.25, 0.3) is 17.7 Å². The number of benzene rings is 2. The number of imide groups is 2. The summed E-state index contributed by atoms with van der Waals surface area (Å²) in [6, 6.07) is 14.0. The summed E-state index contributed by atoms with van der Waals surface area (Å²) >= 11 is 1.25. The van der Waals surface area contributed by atoms with Gasteiger partial charge in [-0.15, -0.1) is 11.3 Å². The molecule has 2 aromatic heterocycles. The first-order valence-electron chi connectivity index (χ1n) is 22.4. The van der Waals surface area contributed by atoms with Crippen LogP contribution >= 0.6 is 11.3 Å². The number of nitrogens with one attached hydrogen (secondary N) is 3. The summed E-state index contributed by atoms with van der Waals surface area (Å²) in [5.74, 6) is -2.70. The van der Waals surface area contributed by atoms with E-state index >= 15 is 0 Å². The number of fused-ring (bicyclic) bond motifs is 1. The fourth-order valence-corrected chi connectivity index (χ4v) is 10.2. The van der Waals surface area contributed by atoms with Gasteiger partial charge in [-0.3, -0.25) is 52.7 Å². The summed E-state index contributed by atoms with van der Waals surface area (Å²) in [5, 5.41) is 9.89. The fraction of sp³-hybridized carbons (Fsp3) is 0.435. The zero-order valence-corrected chi connectivity index (χ0v) is 38.7. The molecule has 0 bridgehead atoms. The van der Waals surface area contributed by atoms with Crippen molar-refractivity contribution in [1.29, 1.82) is 0 Å². The van der Waals surface area contributed by atoms with Gasteiger partial charge in [0.2, 0.25) is 33.7 Å². The molecule has 2 atom stereocenters. The second-order valence-corrected chi connectivity index (χ2v) is 20.0.